The van der Waals surface area contributed by atoms with Gasteiger partial charge in [0.25, 0.3) is 0 Å². The van der Waals surface area contributed by atoms with Gasteiger partial charge in [-0.15, -0.1) is 0 Å². The molecule has 0 aromatic heterocycles. The van der Waals surface area contributed by atoms with E-state index >= 15 is 0 Å². The Morgan fingerprint density at radius 3 is 2.62 bits per heavy atom. The molecule has 88 valence electrons. The molecule has 1 heterocycles. The highest BCUT2D eigenvalue weighted by Gasteiger charge is 2.13. The molecule has 0 saturated carbocycles. The van der Waals surface area contributed by atoms with Crippen LogP contribution in [0.2, 0.25) is 5.02 Å². The third-order valence-electron chi connectivity index (χ3n) is 2.99. The Bertz CT molecular complexity index is 351. The lowest BCUT2D eigenvalue weighted by molar-refractivity contribution is 0.161. The molecule has 2 N–H and O–H groups in total. The lowest BCUT2D eigenvalue weighted by Gasteiger charge is -2.29. The molecule has 1 aliphatic rings. The normalized spacial score (nSPS) is 16.5. The minimum atomic E-state index is 0.431. The molecule has 1 saturated heterocycles. The number of hydrogen-bond acceptors (Lipinski definition) is 3. The number of rotatable bonds is 3. The van der Waals surface area contributed by atoms with Gasteiger partial charge in [0, 0.05) is 19.6 Å². The summed E-state index contributed by atoms with van der Waals surface area (Å²) in [5.74, 6) is 0. The van der Waals surface area contributed by atoms with Crippen molar-refractivity contribution in [2.45, 2.75) is 25.8 Å². The summed E-state index contributed by atoms with van der Waals surface area (Å²) in [4.78, 5) is 2.34. The van der Waals surface area contributed by atoms with Crippen LogP contribution in [-0.4, -0.2) is 18.3 Å². The van der Waals surface area contributed by atoms with Crippen LogP contribution in [0, 0.1) is 0 Å². The van der Waals surface area contributed by atoms with Crippen LogP contribution in [0.1, 0.15) is 24.8 Å². The molecule has 16 heavy (non-hydrogen) atoms. The van der Waals surface area contributed by atoms with E-state index in [9.17, 15) is 0 Å². The van der Waals surface area contributed by atoms with Gasteiger partial charge in [0.1, 0.15) is 0 Å². The average Bonchev–Trinajstić information content (AvgIpc) is 2.31. The number of hydrogen-bond donors (Lipinski definition) is 2. The number of nitrogens with zero attached hydrogens (tertiary/aromatic N) is 1. The van der Waals surface area contributed by atoms with Crippen LogP contribution in [0.4, 0.5) is 5.69 Å². The van der Waals surface area contributed by atoms with Gasteiger partial charge in [-0.05, 0) is 37.0 Å². The van der Waals surface area contributed by atoms with Crippen LogP contribution < -0.4 is 10.4 Å². The minimum absolute atomic E-state index is 0.431. The van der Waals surface area contributed by atoms with Crippen molar-refractivity contribution >= 4 is 17.3 Å². The zero-order chi connectivity index (χ0) is 11.4. The van der Waals surface area contributed by atoms with E-state index in [1.165, 1.54) is 19.3 Å². The summed E-state index contributed by atoms with van der Waals surface area (Å²) in [6.45, 7) is 2.62. The maximum absolute atomic E-state index is 8.63. The predicted molar refractivity (Wildman–Crippen MR) is 66.1 cm³/mol. The summed E-state index contributed by atoms with van der Waals surface area (Å²) in [5.41, 5.74) is 4.25. The van der Waals surface area contributed by atoms with Crippen molar-refractivity contribution in [3.63, 3.8) is 0 Å². The zero-order valence-electron chi connectivity index (χ0n) is 9.25. The highest BCUT2D eigenvalue weighted by atomic mass is 35.5. The SMILES string of the molecule is ONCc1ccc(N2CCCCC2)c(Cl)c1. The van der Waals surface area contributed by atoms with E-state index in [0.717, 1.165) is 29.4 Å². The average molecular weight is 241 g/mol. The van der Waals surface area contributed by atoms with Gasteiger partial charge < -0.3 is 10.1 Å². The lowest BCUT2D eigenvalue weighted by Crippen LogP contribution is -2.29. The number of halogens is 1. The highest BCUT2D eigenvalue weighted by Crippen LogP contribution is 2.29. The van der Waals surface area contributed by atoms with Gasteiger partial charge in [-0.1, -0.05) is 17.7 Å². The maximum atomic E-state index is 8.63. The zero-order valence-corrected chi connectivity index (χ0v) is 10.0. The second-order valence-corrected chi connectivity index (χ2v) is 4.58. The second kappa shape index (κ2) is 5.53. The molecular weight excluding hydrogens is 224 g/mol. The van der Waals surface area contributed by atoms with Gasteiger partial charge in [0.05, 0.1) is 10.7 Å². The van der Waals surface area contributed by atoms with Gasteiger partial charge in [-0.25, -0.2) is 5.48 Å². The van der Waals surface area contributed by atoms with Crippen LogP contribution in [-0.2, 0) is 6.54 Å². The van der Waals surface area contributed by atoms with Crippen LogP contribution in [0.5, 0.6) is 0 Å². The smallest absolute Gasteiger partial charge is 0.0642 e. The molecule has 0 aliphatic carbocycles. The second-order valence-electron chi connectivity index (χ2n) is 4.17. The largest absolute Gasteiger partial charge is 0.370 e. The molecule has 1 aromatic rings. The summed E-state index contributed by atoms with van der Waals surface area (Å²) in [6.07, 6.45) is 3.81. The summed E-state index contributed by atoms with van der Waals surface area (Å²) >= 11 is 6.25. The molecular formula is C12H17ClN2O. The van der Waals surface area contributed by atoms with E-state index in [1.807, 2.05) is 18.2 Å². The molecule has 4 heteroatoms. The van der Waals surface area contributed by atoms with Crippen molar-refractivity contribution in [3.8, 4) is 0 Å². The van der Waals surface area contributed by atoms with Crippen LogP contribution in [0.25, 0.3) is 0 Å². The first kappa shape index (κ1) is 11.7. The lowest BCUT2D eigenvalue weighted by atomic mass is 10.1. The summed E-state index contributed by atoms with van der Waals surface area (Å²) < 4.78 is 0. The van der Waals surface area contributed by atoms with Crippen molar-refractivity contribution in [1.29, 1.82) is 0 Å². The molecule has 0 amide bonds. The fourth-order valence-corrected chi connectivity index (χ4v) is 2.47. The Balaban J connectivity index is 2.14. The number of piperidine rings is 1. The van der Waals surface area contributed by atoms with E-state index in [2.05, 4.69) is 10.4 Å². The van der Waals surface area contributed by atoms with Crippen LogP contribution in [0.3, 0.4) is 0 Å². The van der Waals surface area contributed by atoms with E-state index in [-0.39, 0.29) is 0 Å². The van der Waals surface area contributed by atoms with Gasteiger partial charge >= 0.3 is 0 Å². The van der Waals surface area contributed by atoms with E-state index in [4.69, 9.17) is 16.8 Å². The Labute approximate surface area is 101 Å². The Morgan fingerprint density at radius 1 is 1.25 bits per heavy atom. The molecule has 0 bridgehead atoms. The topological polar surface area (TPSA) is 35.5 Å². The number of anilines is 1. The Morgan fingerprint density at radius 2 is 2.00 bits per heavy atom. The molecule has 1 aromatic carbocycles. The molecule has 2 rings (SSSR count). The molecule has 0 unspecified atom stereocenters. The third kappa shape index (κ3) is 2.67. The van der Waals surface area contributed by atoms with Crippen molar-refractivity contribution in [2.24, 2.45) is 0 Å². The van der Waals surface area contributed by atoms with Crippen molar-refractivity contribution in [1.82, 2.24) is 5.48 Å². The van der Waals surface area contributed by atoms with Gasteiger partial charge in [0.2, 0.25) is 0 Å². The minimum Gasteiger partial charge on any atom is -0.370 e. The van der Waals surface area contributed by atoms with Crippen molar-refractivity contribution in [3.05, 3.63) is 28.8 Å². The fraction of sp³-hybridized carbons (Fsp3) is 0.500. The fourth-order valence-electron chi connectivity index (χ4n) is 2.14. The van der Waals surface area contributed by atoms with E-state index < -0.39 is 0 Å². The first-order valence-electron chi connectivity index (χ1n) is 5.71. The Hall–Kier alpha value is -0.770. The predicted octanol–water partition coefficient (Wildman–Crippen LogP) is 2.81. The molecule has 0 radical (unpaired) electrons. The van der Waals surface area contributed by atoms with Gasteiger partial charge in [-0.2, -0.15) is 0 Å². The number of benzene rings is 1. The van der Waals surface area contributed by atoms with Gasteiger partial charge in [-0.3, -0.25) is 0 Å². The molecule has 0 spiro atoms. The summed E-state index contributed by atoms with van der Waals surface area (Å²) in [7, 11) is 0. The molecule has 1 fully saturated rings. The first-order chi connectivity index (χ1) is 7.81. The standard InChI is InChI=1S/C12H17ClN2O/c13-11-8-10(9-14-16)4-5-12(11)15-6-2-1-3-7-15/h4-5,8,14,16H,1-3,6-7,9H2. The van der Waals surface area contributed by atoms with E-state index in [1.54, 1.807) is 0 Å². The summed E-state index contributed by atoms with van der Waals surface area (Å²) in [5, 5.41) is 9.40. The highest BCUT2D eigenvalue weighted by molar-refractivity contribution is 6.33. The van der Waals surface area contributed by atoms with Crippen LogP contribution in [0.15, 0.2) is 18.2 Å². The summed E-state index contributed by atoms with van der Waals surface area (Å²) in [6, 6.07) is 5.95. The first-order valence-corrected chi connectivity index (χ1v) is 6.09. The van der Waals surface area contributed by atoms with E-state index in [0.29, 0.717) is 6.54 Å². The maximum Gasteiger partial charge on any atom is 0.0642 e. The third-order valence-corrected chi connectivity index (χ3v) is 3.29. The van der Waals surface area contributed by atoms with Crippen molar-refractivity contribution < 1.29 is 5.21 Å². The molecule has 1 aliphatic heterocycles. The number of nitrogens with one attached hydrogen (secondary N) is 1. The molecule has 0 atom stereocenters. The molecule has 3 nitrogen and oxygen atoms in total. The Kier molecular flexibility index (Phi) is 4.04. The monoisotopic (exact) mass is 240 g/mol. The van der Waals surface area contributed by atoms with Gasteiger partial charge in [0.15, 0.2) is 0 Å². The number of hydroxylamine groups is 1. The van der Waals surface area contributed by atoms with Crippen LogP contribution >= 0.6 is 11.6 Å². The quantitative estimate of drug-likeness (QED) is 0.798. The van der Waals surface area contributed by atoms with Crippen molar-refractivity contribution in [2.75, 3.05) is 18.0 Å².